The summed E-state index contributed by atoms with van der Waals surface area (Å²) in [6.07, 6.45) is 0. The molecule has 2 unspecified atom stereocenters. The number of benzene rings is 7. The van der Waals surface area contributed by atoms with Gasteiger partial charge in [0.05, 0.1) is 33.4 Å². The first-order chi connectivity index (χ1) is 24.6. The smallest absolute Gasteiger partial charge is 0.270 e. The Morgan fingerprint density at radius 1 is 0.260 bits per heavy atom. The summed E-state index contributed by atoms with van der Waals surface area (Å²) in [7, 11) is -6.99. The van der Waals surface area contributed by atoms with E-state index in [-0.39, 0.29) is 0 Å². The van der Waals surface area contributed by atoms with E-state index in [1.807, 2.05) is 213 Å². The first-order valence-electron chi connectivity index (χ1n) is 16.5. The minimum Gasteiger partial charge on any atom is -0.270 e. The molecule has 0 saturated carbocycles. The van der Waals surface area contributed by atoms with Gasteiger partial charge in [-0.1, -0.05) is 97.1 Å². The summed E-state index contributed by atoms with van der Waals surface area (Å²) in [6.45, 7) is 0. The Hall–Kier alpha value is -5.80. The topological polar surface area (TPSA) is 47.1 Å². The van der Waals surface area contributed by atoms with E-state index in [0.717, 1.165) is 56.1 Å². The molecule has 0 aromatic heterocycles. The van der Waals surface area contributed by atoms with Gasteiger partial charge in [0, 0.05) is 22.7 Å². The third kappa shape index (κ3) is 4.50. The molecule has 2 heterocycles. The zero-order valence-electron chi connectivity index (χ0n) is 27.0. The third-order valence-corrected chi connectivity index (χ3v) is 15.2. The first-order valence-corrected chi connectivity index (χ1v) is 19.7. The van der Waals surface area contributed by atoms with Crippen molar-refractivity contribution in [1.29, 1.82) is 0 Å². The van der Waals surface area contributed by atoms with E-state index >= 15 is 9.13 Å². The van der Waals surface area contributed by atoms with E-state index in [2.05, 4.69) is 0 Å². The highest BCUT2D eigenvalue weighted by molar-refractivity contribution is 7.76. The summed E-state index contributed by atoms with van der Waals surface area (Å²) < 4.78 is 39.8. The monoisotopic (exact) mass is 686 g/mol. The van der Waals surface area contributed by atoms with Crippen molar-refractivity contribution < 1.29 is 9.13 Å². The molecular weight excluding hydrogens is 654 g/mol. The second-order valence-corrected chi connectivity index (χ2v) is 17.0. The zero-order chi connectivity index (χ0) is 33.7. The van der Waals surface area contributed by atoms with Gasteiger partial charge >= 0.3 is 14.9 Å². The predicted octanol–water partition coefficient (Wildman–Crippen LogP) is 11.3. The summed E-state index contributed by atoms with van der Waals surface area (Å²) in [5.74, 6) is 0. The van der Waals surface area contributed by atoms with Crippen molar-refractivity contribution in [3.63, 3.8) is 0 Å². The van der Waals surface area contributed by atoms with Crippen LogP contribution in [0.15, 0.2) is 194 Å². The second kappa shape index (κ2) is 12.0. The number of hydrogen-bond donors (Lipinski definition) is 0. The van der Waals surface area contributed by atoms with Crippen LogP contribution in [0.4, 0.5) is 45.5 Å². The summed E-state index contributed by atoms with van der Waals surface area (Å²) in [5.41, 5.74) is 6.70. The Balaban J connectivity index is 1.22. The molecule has 8 heteroatoms. The van der Waals surface area contributed by atoms with Gasteiger partial charge in [-0.15, -0.1) is 0 Å². The van der Waals surface area contributed by atoms with Gasteiger partial charge in [-0.05, 0) is 97.1 Å². The van der Waals surface area contributed by atoms with Crippen LogP contribution in [-0.4, -0.2) is 0 Å². The van der Waals surface area contributed by atoms with Gasteiger partial charge in [0.1, 0.15) is 0 Å². The Bertz CT molecular complexity index is 2240. The van der Waals surface area contributed by atoms with Crippen LogP contribution in [0.5, 0.6) is 0 Å². The number of nitrogens with zero attached hydrogens (tertiary/aromatic N) is 4. The van der Waals surface area contributed by atoms with Crippen molar-refractivity contribution in [2.24, 2.45) is 0 Å². The lowest BCUT2D eigenvalue weighted by Gasteiger charge is -2.34. The van der Waals surface area contributed by atoms with E-state index in [0.29, 0.717) is 0 Å². The Morgan fingerprint density at radius 3 is 0.760 bits per heavy atom. The SMILES string of the molecule is O=P1(c2ccccc2)N(c2ccccc2)c2ccccc2N1c1ccc(N2c3ccccc3N(c3ccccc3)P2(=O)c2ccccc2)cc1. The molecule has 2 aliphatic heterocycles. The predicted molar refractivity (Wildman–Crippen MR) is 208 cm³/mol. The van der Waals surface area contributed by atoms with Crippen molar-refractivity contribution in [3.05, 3.63) is 194 Å². The van der Waals surface area contributed by atoms with Crippen LogP contribution in [0.3, 0.4) is 0 Å². The standard InChI is InChI=1S/C42H32N4O2P2/c47-49(37-21-9-3-10-22-37)43(33-17-5-1-6-18-33)39-25-13-15-27-41(39)45(49)35-29-31-36(32-30-35)46-42-28-16-14-26-40(42)44(34-19-7-2-8-20-34)50(46,48)38-23-11-4-12-24-38/h1-32H. The molecule has 242 valence electrons. The molecular formula is C42H32N4O2P2. The molecule has 2 aliphatic rings. The highest BCUT2D eigenvalue weighted by Gasteiger charge is 2.50. The highest BCUT2D eigenvalue weighted by Crippen LogP contribution is 2.72. The molecule has 6 nitrogen and oxygen atoms in total. The van der Waals surface area contributed by atoms with Crippen molar-refractivity contribution in [2.45, 2.75) is 0 Å². The summed E-state index contributed by atoms with van der Waals surface area (Å²) in [5, 5.41) is 1.45. The average Bonchev–Trinajstić information content (AvgIpc) is 3.62. The lowest BCUT2D eigenvalue weighted by atomic mass is 10.2. The van der Waals surface area contributed by atoms with Crippen molar-refractivity contribution in [2.75, 3.05) is 18.7 Å². The molecule has 0 bridgehead atoms. The fourth-order valence-electron chi connectivity index (χ4n) is 7.17. The number of fused-ring (bicyclic) bond motifs is 2. The highest BCUT2D eigenvalue weighted by atomic mass is 31.2. The number of hydrogen-bond acceptors (Lipinski definition) is 2. The second-order valence-electron chi connectivity index (χ2n) is 12.2. The lowest BCUT2D eigenvalue weighted by Crippen LogP contribution is -2.27. The van der Waals surface area contributed by atoms with Crippen LogP contribution in [-0.2, 0) is 9.13 Å². The molecule has 0 fully saturated rings. The molecule has 0 aliphatic carbocycles. The molecule has 0 saturated heterocycles. The minimum absolute atomic E-state index is 0.727. The third-order valence-electron chi connectivity index (χ3n) is 9.29. The molecule has 2 atom stereocenters. The van der Waals surface area contributed by atoms with Gasteiger partial charge in [0.15, 0.2) is 0 Å². The van der Waals surface area contributed by atoms with Crippen molar-refractivity contribution in [1.82, 2.24) is 0 Å². The maximum absolute atomic E-state index is 15.9. The van der Waals surface area contributed by atoms with Gasteiger partial charge in [-0.25, -0.2) is 0 Å². The fourth-order valence-corrected chi connectivity index (χ4v) is 13.2. The maximum atomic E-state index is 15.9. The van der Waals surface area contributed by atoms with Crippen LogP contribution >= 0.6 is 14.9 Å². The molecule has 0 spiro atoms. The van der Waals surface area contributed by atoms with Crippen molar-refractivity contribution >= 4 is 71.0 Å². The normalized spacial score (nSPS) is 19.4. The lowest BCUT2D eigenvalue weighted by molar-refractivity contribution is 0.581. The van der Waals surface area contributed by atoms with Gasteiger partial charge in [0.2, 0.25) is 0 Å². The molecule has 0 N–H and O–H groups in total. The van der Waals surface area contributed by atoms with Crippen LogP contribution < -0.4 is 29.3 Å². The van der Waals surface area contributed by atoms with E-state index in [1.54, 1.807) is 0 Å². The Kier molecular flexibility index (Phi) is 7.24. The Labute approximate surface area is 292 Å². The van der Waals surface area contributed by atoms with Crippen LogP contribution in [0.2, 0.25) is 0 Å². The molecule has 7 aromatic carbocycles. The van der Waals surface area contributed by atoms with E-state index < -0.39 is 14.9 Å². The van der Waals surface area contributed by atoms with Gasteiger partial charge in [-0.2, -0.15) is 0 Å². The number of anilines is 8. The summed E-state index contributed by atoms with van der Waals surface area (Å²) >= 11 is 0. The number of para-hydroxylation sites is 6. The first kappa shape index (κ1) is 30.3. The maximum Gasteiger partial charge on any atom is 0.301 e. The zero-order valence-corrected chi connectivity index (χ0v) is 28.8. The van der Waals surface area contributed by atoms with Crippen LogP contribution in [0.1, 0.15) is 0 Å². The quantitative estimate of drug-likeness (QED) is 0.162. The molecule has 7 aromatic rings. The fraction of sp³-hybridized carbons (Fsp3) is 0. The number of rotatable bonds is 6. The largest absolute Gasteiger partial charge is 0.301 e. The van der Waals surface area contributed by atoms with E-state index in [9.17, 15) is 0 Å². The Morgan fingerprint density at radius 2 is 0.480 bits per heavy atom. The summed E-state index contributed by atoms with van der Waals surface area (Å²) in [4.78, 5) is 0. The van der Waals surface area contributed by atoms with Crippen LogP contribution in [0, 0.1) is 0 Å². The van der Waals surface area contributed by atoms with E-state index in [4.69, 9.17) is 0 Å². The van der Waals surface area contributed by atoms with Gasteiger partial charge < -0.3 is 0 Å². The molecule has 9 rings (SSSR count). The van der Waals surface area contributed by atoms with E-state index in [1.165, 1.54) is 0 Å². The minimum atomic E-state index is -3.50. The average molecular weight is 687 g/mol. The summed E-state index contributed by atoms with van der Waals surface area (Å²) in [6, 6.07) is 63.3. The molecule has 50 heavy (non-hydrogen) atoms. The van der Waals surface area contributed by atoms with Crippen LogP contribution in [0.25, 0.3) is 0 Å². The molecule has 0 amide bonds. The van der Waals surface area contributed by atoms with Gasteiger partial charge in [-0.3, -0.25) is 27.8 Å². The van der Waals surface area contributed by atoms with Gasteiger partial charge in [0.25, 0.3) is 0 Å². The molecule has 0 radical (unpaired) electrons. The van der Waals surface area contributed by atoms with Crippen molar-refractivity contribution in [3.8, 4) is 0 Å².